The van der Waals surface area contributed by atoms with Crippen LogP contribution in [0.1, 0.15) is 25.7 Å². The predicted molar refractivity (Wildman–Crippen MR) is 55.9 cm³/mol. The van der Waals surface area contributed by atoms with Crippen LogP contribution in [-0.4, -0.2) is 25.0 Å². The van der Waals surface area contributed by atoms with E-state index in [4.69, 9.17) is 0 Å². The maximum atomic E-state index is 11.3. The smallest absolute Gasteiger partial charge is 0.237 e. The zero-order valence-electron chi connectivity index (χ0n) is 8.46. The Morgan fingerprint density at radius 2 is 2.36 bits per heavy atom. The van der Waals surface area contributed by atoms with E-state index >= 15 is 0 Å². The molecule has 1 fully saturated rings. The fourth-order valence-corrected chi connectivity index (χ4v) is 2.14. The van der Waals surface area contributed by atoms with Crippen LogP contribution in [0, 0.1) is 5.92 Å². The Hall–Kier alpha value is -0.830. The average molecular weight is 194 g/mol. The van der Waals surface area contributed by atoms with Gasteiger partial charge in [0.1, 0.15) is 0 Å². The van der Waals surface area contributed by atoms with E-state index in [1.807, 2.05) is 0 Å². The first-order valence-corrected chi connectivity index (χ1v) is 5.52. The van der Waals surface area contributed by atoms with E-state index in [9.17, 15) is 4.79 Å². The van der Waals surface area contributed by atoms with Crippen LogP contribution in [0.15, 0.2) is 12.2 Å². The number of carbonyl (C=O) groups is 1. The Balaban J connectivity index is 1.71. The lowest BCUT2D eigenvalue weighted by molar-refractivity contribution is -0.120. The van der Waals surface area contributed by atoms with E-state index in [0.717, 1.165) is 25.4 Å². The summed E-state index contributed by atoms with van der Waals surface area (Å²) >= 11 is 0. The van der Waals surface area contributed by atoms with E-state index in [-0.39, 0.29) is 11.9 Å². The minimum Gasteiger partial charge on any atom is -0.355 e. The fourth-order valence-electron chi connectivity index (χ4n) is 2.14. The zero-order chi connectivity index (χ0) is 9.80. The zero-order valence-corrected chi connectivity index (χ0v) is 8.46. The fraction of sp³-hybridized carbons (Fsp3) is 0.727. The molecule has 3 nitrogen and oxygen atoms in total. The number of rotatable bonds is 3. The maximum absolute atomic E-state index is 11.3. The molecule has 0 radical (unpaired) electrons. The molecule has 0 aromatic heterocycles. The third-order valence-corrected chi connectivity index (χ3v) is 3.08. The highest BCUT2D eigenvalue weighted by molar-refractivity contribution is 5.83. The summed E-state index contributed by atoms with van der Waals surface area (Å²) in [7, 11) is 0. The number of carbonyl (C=O) groups excluding carboxylic acids is 1. The van der Waals surface area contributed by atoms with Gasteiger partial charge in [-0.15, -0.1) is 0 Å². The van der Waals surface area contributed by atoms with Gasteiger partial charge < -0.3 is 10.6 Å². The summed E-state index contributed by atoms with van der Waals surface area (Å²) in [5.74, 6) is 0.907. The number of hydrogen-bond acceptors (Lipinski definition) is 2. The molecule has 2 aliphatic rings. The molecule has 1 aliphatic carbocycles. The van der Waals surface area contributed by atoms with Gasteiger partial charge in [-0.3, -0.25) is 4.79 Å². The van der Waals surface area contributed by atoms with E-state index in [1.54, 1.807) is 0 Å². The minimum atomic E-state index is 0.0703. The van der Waals surface area contributed by atoms with Gasteiger partial charge in [0.25, 0.3) is 0 Å². The van der Waals surface area contributed by atoms with E-state index < -0.39 is 0 Å². The average Bonchev–Trinajstić information content (AvgIpc) is 2.63. The van der Waals surface area contributed by atoms with Gasteiger partial charge in [0, 0.05) is 6.54 Å². The molecular weight excluding hydrogens is 176 g/mol. The molecule has 0 spiro atoms. The Morgan fingerprint density at radius 1 is 1.43 bits per heavy atom. The number of allylic oxidation sites excluding steroid dienone is 2. The second kappa shape index (κ2) is 4.60. The molecule has 1 aliphatic heterocycles. The molecule has 1 amide bonds. The number of amides is 1. The van der Waals surface area contributed by atoms with Gasteiger partial charge in [-0.25, -0.2) is 0 Å². The first-order valence-electron chi connectivity index (χ1n) is 5.52. The van der Waals surface area contributed by atoms with Crippen LogP contribution >= 0.6 is 0 Å². The molecule has 0 saturated carbocycles. The van der Waals surface area contributed by atoms with Crippen molar-refractivity contribution in [1.29, 1.82) is 0 Å². The summed E-state index contributed by atoms with van der Waals surface area (Å²) in [4.78, 5) is 11.3. The van der Waals surface area contributed by atoms with Gasteiger partial charge in [-0.05, 0) is 38.1 Å². The molecule has 3 heteroatoms. The minimum absolute atomic E-state index is 0.0703. The van der Waals surface area contributed by atoms with E-state index in [1.165, 1.54) is 19.3 Å². The molecule has 2 N–H and O–H groups in total. The first-order chi connectivity index (χ1) is 6.86. The molecule has 0 aromatic carbocycles. The SMILES string of the molecule is O=C1NCCC1NCC1CC=CCC1. The summed E-state index contributed by atoms with van der Waals surface area (Å²) in [6, 6.07) is 0.0703. The first kappa shape index (κ1) is 9.71. The van der Waals surface area contributed by atoms with Gasteiger partial charge in [-0.1, -0.05) is 12.2 Å². The summed E-state index contributed by atoms with van der Waals surface area (Å²) in [6.45, 7) is 1.82. The van der Waals surface area contributed by atoms with Crippen molar-refractivity contribution in [2.45, 2.75) is 31.7 Å². The quantitative estimate of drug-likeness (QED) is 0.653. The summed E-state index contributed by atoms with van der Waals surface area (Å²) in [6.07, 6.45) is 9.08. The topological polar surface area (TPSA) is 41.1 Å². The van der Waals surface area contributed by atoms with Gasteiger partial charge in [0.15, 0.2) is 0 Å². The van der Waals surface area contributed by atoms with Gasteiger partial charge in [0.05, 0.1) is 6.04 Å². The molecule has 0 bridgehead atoms. The third kappa shape index (κ3) is 2.35. The molecule has 2 atom stereocenters. The molecule has 1 saturated heterocycles. The van der Waals surface area contributed by atoms with Crippen molar-refractivity contribution in [3.8, 4) is 0 Å². The molecular formula is C11H18N2O. The van der Waals surface area contributed by atoms with Crippen molar-refractivity contribution in [2.24, 2.45) is 5.92 Å². The van der Waals surface area contributed by atoms with Gasteiger partial charge in [0.2, 0.25) is 5.91 Å². The molecule has 0 aromatic rings. The summed E-state index contributed by atoms with van der Waals surface area (Å²) in [5.41, 5.74) is 0. The lowest BCUT2D eigenvalue weighted by atomic mass is 9.94. The van der Waals surface area contributed by atoms with Crippen LogP contribution in [0.5, 0.6) is 0 Å². The summed E-state index contributed by atoms with van der Waals surface area (Å²) in [5, 5.41) is 6.20. The van der Waals surface area contributed by atoms with Crippen molar-refractivity contribution < 1.29 is 4.79 Å². The van der Waals surface area contributed by atoms with Crippen molar-refractivity contribution in [1.82, 2.24) is 10.6 Å². The molecule has 78 valence electrons. The second-order valence-electron chi connectivity index (χ2n) is 4.19. The monoisotopic (exact) mass is 194 g/mol. The lowest BCUT2D eigenvalue weighted by Crippen LogP contribution is -2.39. The number of hydrogen-bond donors (Lipinski definition) is 2. The Kier molecular flexibility index (Phi) is 3.19. The van der Waals surface area contributed by atoms with Gasteiger partial charge in [-0.2, -0.15) is 0 Å². The predicted octanol–water partition coefficient (Wildman–Crippen LogP) is 0.821. The molecule has 14 heavy (non-hydrogen) atoms. The maximum Gasteiger partial charge on any atom is 0.237 e. The standard InChI is InChI=1S/C11H18N2O/c14-11-10(6-7-12-11)13-8-9-4-2-1-3-5-9/h1-2,9-10,13H,3-8H2,(H,12,14). The van der Waals surface area contributed by atoms with Crippen LogP contribution in [-0.2, 0) is 4.79 Å². The molecule has 1 heterocycles. The summed E-state index contributed by atoms with van der Waals surface area (Å²) < 4.78 is 0. The van der Waals surface area contributed by atoms with Crippen molar-refractivity contribution in [3.63, 3.8) is 0 Å². The third-order valence-electron chi connectivity index (χ3n) is 3.08. The lowest BCUT2D eigenvalue weighted by Gasteiger charge is -2.19. The van der Waals surface area contributed by atoms with Crippen molar-refractivity contribution >= 4 is 5.91 Å². The van der Waals surface area contributed by atoms with Crippen molar-refractivity contribution in [3.05, 3.63) is 12.2 Å². The number of nitrogens with one attached hydrogen (secondary N) is 2. The van der Waals surface area contributed by atoms with Crippen LogP contribution in [0.2, 0.25) is 0 Å². The second-order valence-corrected chi connectivity index (χ2v) is 4.19. The van der Waals surface area contributed by atoms with Crippen LogP contribution < -0.4 is 10.6 Å². The van der Waals surface area contributed by atoms with Crippen LogP contribution in [0.3, 0.4) is 0 Å². The van der Waals surface area contributed by atoms with Crippen molar-refractivity contribution in [2.75, 3.05) is 13.1 Å². The highest BCUT2D eigenvalue weighted by Crippen LogP contribution is 2.17. The van der Waals surface area contributed by atoms with Gasteiger partial charge >= 0.3 is 0 Å². The van der Waals surface area contributed by atoms with Crippen LogP contribution in [0.4, 0.5) is 0 Å². The normalized spacial score (nSPS) is 31.9. The Morgan fingerprint density at radius 3 is 3.00 bits per heavy atom. The van der Waals surface area contributed by atoms with E-state index in [0.29, 0.717) is 0 Å². The van der Waals surface area contributed by atoms with E-state index in [2.05, 4.69) is 22.8 Å². The Labute approximate surface area is 84.9 Å². The van der Waals surface area contributed by atoms with Crippen LogP contribution in [0.25, 0.3) is 0 Å². The molecule has 2 unspecified atom stereocenters. The highest BCUT2D eigenvalue weighted by atomic mass is 16.2. The largest absolute Gasteiger partial charge is 0.355 e. The molecule has 2 rings (SSSR count). The Bertz CT molecular complexity index is 237. The highest BCUT2D eigenvalue weighted by Gasteiger charge is 2.24.